The Balaban J connectivity index is 1.50. The number of aliphatic carboxylic acids is 1. The predicted molar refractivity (Wildman–Crippen MR) is 141 cm³/mol. The van der Waals surface area contributed by atoms with Crippen LogP contribution in [0.15, 0.2) is 35.0 Å². The number of nitrogens with zero attached hydrogens (tertiary/aromatic N) is 3. The Labute approximate surface area is 222 Å². The second-order valence-corrected chi connectivity index (χ2v) is 11.1. The Morgan fingerprint density at radius 1 is 1.34 bits per heavy atom. The first-order chi connectivity index (χ1) is 17.9. The van der Waals surface area contributed by atoms with Crippen molar-refractivity contribution in [3.63, 3.8) is 0 Å². The molecule has 0 spiro atoms. The molecule has 1 aliphatic carbocycles. The number of rotatable bonds is 8. The van der Waals surface area contributed by atoms with Crippen molar-refractivity contribution in [2.24, 2.45) is 21.8 Å². The van der Waals surface area contributed by atoms with Crippen molar-refractivity contribution >= 4 is 29.5 Å². The van der Waals surface area contributed by atoms with Crippen molar-refractivity contribution in [2.45, 2.75) is 76.2 Å². The summed E-state index contributed by atoms with van der Waals surface area (Å²) in [6, 6.07) is -2.24. The fourth-order valence-electron chi connectivity index (χ4n) is 5.08. The highest BCUT2D eigenvalue weighted by molar-refractivity contribution is 7.15. The lowest BCUT2D eigenvalue weighted by Gasteiger charge is -2.35. The van der Waals surface area contributed by atoms with Crippen LogP contribution in [0.25, 0.3) is 10.4 Å². The highest BCUT2D eigenvalue weighted by Gasteiger charge is 2.41. The van der Waals surface area contributed by atoms with E-state index in [1.807, 2.05) is 13.1 Å². The van der Waals surface area contributed by atoms with Gasteiger partial charge >= 0.3 is 12.1 Å². The molecular weight excluding hydrogens is 519 g/mol. The monoisotopic (exact) mass is 551 g/mol. The first-order valence-electron chi connectivity index (χ1n) is 12.5. The van der Waals surface area contributed by atoms with Crippen LogP contribution in [0.3, 0.4) is 0 Å². The molecule has 2 aliphatic rings. The number of H-pyrrole nitrogens is 1. The van der Waals surface area contributed by atoms with E-state index in [4.69, 9.17) is 0 Å². The van der Waals surface area contributed by atoms with E-state index in [2.05, 4.69) is 31.8 Å². The molecule has 1 fully saturated rings. The van der Waals surface area contributed by atoms with E-state index in [1.165, 1.54) is 17.6 Å². The molecular formula is C26H32F3N5O3S. The summed E-state index contributed by atoms with van der Waals surface area (Å²) in [5, 5.41) is 24.2. The highest BCUT2D eigenvalue weighted by Crippen LogP contribution is 2.44. The van der Waals surface area contributed by atoms with Gasteiger partial charge in [-0.1, -0.05) is 6.08 Å². The van der Waals surface area contributed by atoms with E-state index in [1.54, 1.807) is 19.2 Å². The van der Waals surface area contributed by atoms with Gasteiger partial charge in [0.25, 0.3) is 0 Å². The summed E-state index contributed by atoms with van der Waals surface area (Å²) in [6.07, 6.45) is 4.39. The normalized spacial score (nSPS) is 24.4. The van der Waals surface area contributed by atoms with Crippen molar-refractivity contribution < 1.29 is 28.2 Å². The number of guanidine groups is 1. The maximum Gasteiger partial charge on any atom is 0.411 e. The van der Waals surface area contributed by atoms with Crippen LogP contribution in [0.4, 0.5) is 13.2 Å². The van der Waals surface area contributed by atoms with Crippen LogP contribution in [0.5, 0.6) is 0 Å². The van der Waals surface area contributed by atoms with E-state index in [9.17, 15) is 28.2 Å². The lowest BCUT2D eigenvalue weighted by atomic mass is 9.74. The quantitative estimate of drug-likeness (QED) is 0.344. The fourth-order valence-corrected chi connectivity index (χ4v) is 6.17. The van der Waals surface area contributed by atoms with Crippen LogP contribution in [-0.4, -0.2) is 56.6 Å². The number of aromatic nitrogens is 2. The summed E-state index contributed by atoms with van der Waals surface area (Å²) in [5.41, 5.74) is 1.53. The van der Waals surface area contributed by atoms with Gasteiger partial charge in [-0.05, 0) is 57.4 Å². The molecule has 0 radical (unpaired) electrons. The van der Waals surface area contributed by atoms with Gasteiger partial charge in [-0.25, -0.2) is 15.0 Å². The topological polar surface area (TPSA) is 123 Å². The summed E-state index contributed by atoms with van der Waals surface area (Å²) >= 11 is 1.38. The summed E-state index contributed by atoms with van der Waals surface area (Å²) in [4.78, 5) is 27.6. The van der Waals surface area contributed by atoms with Crippen molar-refractivity contribution in [2.75, 3.05) is 0 Å². The van der Waals surface area contributed by atoms with Crippen LogP contribution < -0.4 is 5.32 Å². The lowest BCUT2D eigenvalue weighted by molar-refractivity contribution is -0.145. The standard InChI is InChI=1S/C26H32F3N5O3S/c1-4-17(33-24-30-10-9-21(34-24)26(27,28)29)11-18-14(2)31-12-19(18)20-13-32-23(38-20)25(3,37)16-7-5-15(6-8-16)22(35)36/h4,10,12-13,15-17,21,31,37H,1,5-9,11H2,2-3H3,(H,33,34)(H,35,36)/t15?,16?,17?,21?,25-/m1/s1. The molecule has 2 aromatic heterocycles. The smallest absolute Gasteiger partial charge is 0.411 e. The zero-order chi connectivity index (χ0) is 27.7. The average molecular weight is 552 g/mol. The molecule has 0 amide bonds. The second-order valence-electron chi connectivity index (χ2n) is 10.1. The van der Waals surface area contributed by atoms with Crippen LogP contribution >= 0.6 is 11.3 Å². The molecule has 0 saturated heterocycles. The summed E-state index contributed by atoms with van der Waals surface area (Å²) in [6.45, 7) is 7.48. The Kier molecular flexibility index (Phi) is 8.12. The fraction of sp³-hybridized carbons (Fsp3) is 0.538. The van der Waals surface area contributed by atoms with E-state index in [0.29, 0.717) is 37.1 Å². The highest BCUT2D eigenvalue weighted by atomic mass is 32.1. The molecule has 8 nitrogen and oxygen atoms in total. The third-order valence-electron chi connectivity index (χ3n) is 7.51. The van der Waals surface area contributed by atoms with Crippen molar-refractivity contribution in [1.82, 2.24) is 15.3 Å². The molecule has 1 saturated carbocycles. The molecule has 2 unspecified atom stereocenters. The Bertz CT molecular complexity index is 1230. The predicted octanol–water partition coefficient (Wildman–Crippen LogP) is 4.99. The Morgan fingerprint density at radius 3 is 2.68 bits per heavy atom. The van der Waals surface area contributed by atoms with Gasteiger partial charge in [-0.15, -0.1) is 17.9 Å². The number of aliphatic hydroxyl groups is 1. The lowest BCUT2D eigenvalue weighted by Crippen LogP contribution is -2.39. The minimum atomic E-state index is -4.44. The van der Waals surface area contributed by atoms with Gasteiger partial charge in [0, 0.05) is 36.3 Å². The van der Waals surface area contributed by atoms with Gasteiger partial charge in [0.1, 0.15) is 10.6 Å². The number of carbonyl (C=O) groups is 1. The zero-order valence-electron chi connectivity index (χ0n) is 21.3. The number of thiazole rings is 1. The van der Waals surface area contributed by atoms with Crippen molar-refractivity contribution in [3.05, 3.63) is 41.3 Å². The molecule has 0 bridgehead atoms. The maximum absolute atomic E-state index is 13.1. The molecule has 12 heteroatoms. The number of alkyl halides is 3. The molecule has 2 aromatic rings. The largest absolute Gasteiger partial charge is 0.481 e. The van der Waals surface area contributed by atoms with E-state index in [0.717, 1.165) is 21.7 Å². The number of carboxylic acid groups (broad SMARTS) is 1. The number of aryl methyl sites for hydroxylation is 1. The molecule has 206 valence electrons. The van der Waals surface area contributed by atoms with Gasteiger partial charge in [-0.3, -0.25) is 4.79 Å². The van der Waals surface area contributed by atoms with Crippen molar-refractivity contribution in [3.8, 4) is 10.4 Å². The van der Waals surface area contributed by atoms with Crippen LogP contribution in [0.1, 0.15) is 55.3 Å². The number of aliphatic imine (C=N–C) groups is 2. The minimum Gasteiger partial charge on any atom is -0.481 e. The molecule has 0 aromatic carbocycles. The zero-order valence-corrected chi connectivity index (χ0v) is 22.1. The minimum absolute atomic E-state index is 0.0769. The number of carboxylic acids is 1. The first-order valence-corrected chi connectivity index (χ1v) is 13.4. The number of nitrogens with one attached hydrogen (secondary N) is 2. The van der Waals surface area contributed by atoms with E-state index >= 15 is 0 Å². The van der Waals surface area contributed by atoms with E-state index < -0.39 is 29.8 Å². The Morgan fingerprint density at radius 2 is 2.05 bits per heavy atom. The second kappa shape index (κ2) is 11.0. The average Bonchev–Trinajstić information content (AvgIpc) is 3.51. The molecule has 3 heterocycles. The summed E-state index contributed by atoms with van der Waals surface area (Å²) < 4.78 is 39.4. The number of aromatic amines is 1. The number of halogens is 3. The van der Waals surface area contributed by atoms with Crippen LogP contribution in [0.2, 0.25) is 0 Å². The van der Waals surface area contributed by atoms with E-state index in [-0.39, 0.29) is 24.2 Å². The first kappa shape index (κ1) is 28.0. The number of hydrogen-bond donors (Lipinski definition) is 4. The van der Waals surface area contributed by atoms with Gasteiger partial charge in [0.05, 0.1) is 16.8 Å². The van der Waals surface area contributed by atoms with Gasteiger partial charge < -0.3 is 20.5 Å². The van der Waals surface area contributed by atoms with Crippen LogP contribution in [-0.2, 0) is 16.8 Å². The SMILES string of the molecule is C=CC(Cc1c(-c2cnc([C@](C)(O)C3CCC(C(=O)O)CC3)s2)c[nH]c1C)NC1=NC(C(F)(F)F)CC=N1. The van der Waals surface area contributed by atoms with Crippen LogP contribution in [0, 0.1) is 18.8 Å². The molecule has 4 N–H and O–H groups in total. The third-order valence-corrected chi connectivity index (χ3v) is 8.76. The summed E-state index contributed by atoms with van der Waals surface area (Å²) in [7, 11) is 0. The maximum atomic E-state index is 13.1. The Hall–Kier alpha value is -2.99. The third kappa shape index (κ3) is 6.01. The van der Waals surface area contributed by atoms with Gasteiger partial charge in [-0.2, -0.15) is 13.2 Å². The van der Waals surface area contributed by atoms with Gasteiger partial charge in [0.2, 0.25) is 5.96 Å². The molecule has 3 atom stereocenters. The molecule has 38 heavy (non-hydrogen) atoms. The summed E-state index contributed by atoms with van der Waals surface area (Å²) in [5.74, 6) is -1.32. The molecule has 1 aliphatic heterocycles. The van der Waals surface area contributed by atoms with Crippen molar-refractivity contribution in [1.29, 1.82) is 0 Å². The number of hydrogen-bond acceptors (Lipinski definition) is 7. The molecule has 4 rings (SSSR count). The van der Waals surface area contributed by atoms with Gasteiger partial charge in [0.15, 0.2) is 6.04 Å².